The van der Waals surface area contributed by atoms with Crippen molar-refractivity contribution in [2.75, 3.05) is 39.9 Å². The molecule has 236 valence electrons. The van der Waals surface area contributed by atoms with Gasteiger partial charge in [-0.1, -0.05) is 0 Å². The first kappa shape index (κ1) is 31.2. The maximum atomic E-state index is 13.2. The standard InChI is InChI=1S/C26H29F3N2O11S/c1-40-23-18(33)14(16-17(20(23)35)22-24(42-25(16)37)21(36)19(34)15(11-32)41-22)10-30-6-8-31(9-7-30)43(38,39)13-4-2-12(3-5-13)26(27,28)29/h2-5,15,19,21-22,24,32-36H,6-11H2,1H3/t15-,19-,21+,22?,24?/m1/s1. The zero-order valence-electron chi connectivity index (χ0n) is 22.6. The lowest BCUT2D eigenvalue weighted by Gasteiger charge is -2.45. The van der Waals surface area contributed by atoms with Crippen LogP contribution in [0.25, 0.3) is 0 Å². The molecule has 2 saturated heterocycles. The summed E-state index contributed by atoms with van der Waals surface area (Å²) in [5.41, 5.74) is -1.49. The summed E-state index contributed by atoms with van der Waals surface area (Å²) in [7, 11) is -2.96. The maximum Gasteiger partial charge on any atom is 0.416 e. The highest BCUT2D eigenvalue weighted by molar-refractivity contribution is 7.89. The summed E-state index contributed by atoms with van der Waals surface area (Å²) in [4.78, 5) is 14.6. The third kappa shape index (κ3) is 5.39. The molecule has 3 aliphatic rings. The Morgan fingerprint density at radius 1 is 1.02 bits per heavy atom. The summed E-state index contributed by atoms with van der Waals surface area (Å²) >= 11 is 0. The molecular formula is C26H29F3N2O11S. The quantitative estimate of drug-likeness (QED) is 0.275. The van der Waals surface area contributed by atoms with E-state index in [1.807, 2.05) is 0 Å². The van der Waals surface area contributed by atoms with Crippen LogP contribution >= 0.6 is 0 Å². The monoisotopic (exact) mass is 634 g/mol. The molecule has 13 nitrogen and oxygen atoms in total. The third-order valence-electron chi connectivity index (χ3n) is 7.88. The van der Waals surface area contributed by atoms with Gasteiger partial charge in [-0.05, 0) is 24.3 Å². The molecule has 17 heteroatoms. The fraction of sp³-hybridized carbons (Fsp3) is 0.500. The van der Waals surface area contributed by atoms with E-state index < -0.39 is 82.1 Å². The van der Waals surface area contributed by atoms with Crippen molar-refractivity contribution in [2.45, 2.75) is 48.1 Å². The van der Waals surface area contributed by atoms with Crippen LogP contribution in [0.4, 0.5) is 13.2 Å². The van der Waals surface area contributed by atoms with E-state index in [1.54, 1.807) is 4.90 Å². The van der Waals surface area contributed by atoms with Gasteiger partial charge in [0.25, 0.3) is 0 Å². The lowest BCUT2D eigenvalue weighted by atomic mass is 9.84. The van der Waals surface area contributed by atoms with Crippen LogP contribution in [-0.4, -0.2) is 113 Å². The number of methoxy groups -OCH3 is 1. The fourth-order valence-electron chi connectivity index (χ4n) is 5.58. The highest BCUT2D eigenvalue weighted by Gasteiger charge is 2.53. The Morgan fingerprint density at radius 2 is 1.65 bits per heavy atom. The molecule has 2 unspecified atom stereocenters. The molecule has 0 saturated carbocycles. The van der Waals surface area contributed by atoms with E-state index in [0.29, 0.717) is 12.1 Å². The number of benzene rings is 2. The minimum atomic E-state index is -4.62. The number of aliphatic hydroxyl groups excluding tert-OH is 3. The van der Waals surface area contributed by atoms with Crippen LogP contribution in [0, 0.1) is 0 Å². The molecule has 5 atom stereocenters. The number of carbonyl (C=O) groups excluding carboxylic acids is 1. The average Bonchev–Trinajstić information content (AvgIpc) is 2.97. The van der Waals surface area contributed by atoms with Gasteiger partial charge in [0.1, 0.15) is 24.4 Å². The van der Waals surface area contributed by atoms with Gasteiger partial charge in [0.15, 0.2) is 17.6 Å². The summed E-state index contributed by atoms with van der Waals surface area (Å²) in [6, 6.07) is 3.16. The summed E-state index contributed by atoms with van der Waals surface area (Å²) in [5.74, 6) is -2.71. The molecule has 5 N–H and O–H groups in total. The Hall–Kier alpha value is -3.19. The molecule has 0 aromatic heterocycles. The summed E-state index contributed by atoms with van der Waals surface area (Å²) in [6.45, 7) is -0.809. The van der Waals surface area contributed by atoms with Gasteiger partial charge < -0.3 is 39.7 Å². The molecule has 3 aliphatic heterocycles. The Morgan fingerprint density at radius 3 is 2.21 bits per heavy atom. The van der Waals surface area contributed by atoms with Crippen molar-refractivity contribution in [3.8, 4) is 17.2 Å². The van der Waals surface area contributed by atoms with Gasteiger partial charge in [0, 0.05) is 43.9 Å². The minimum Gasteiger partial charge on any atom is -0.504 e. The van der Waals surface area contributed by atoms with E-state index >= 15 is 0 Å². The second-order valence-electron chi connectivity index (χ2n) is 10.3. The van der Waals surface area contributed by atoms with Crippen LogP contribution in [0.5, 0.6) is 17.2 Å². The topological polar surface area (TPSA) is 187 Å². The van der Waals surface area contributed by atoms with Crippen LogP contribution in [0.3, 0.4) is 0 Å². The van der Waals surface area contributed by atoms with Gasteiger partial charge in [0.2, 0.25) is 15.8 Å². The number of rotatable bonds is 6. The molecule has 43 heavy (non-hydrogen) atoms. The third-order valence-corrected chi connectivity index (χ3v) is 9.79. The number of aliphatic hydroxyl groups is 3. The number of alkyl halides is 3. The fourth-order valence-corrected chi connectivity index (χ4v) is 7.00. The second kappa shape index (κ2) is 11.4. The van der Waals surface area contributed by atoms with Crippen LogP contribution in [0.1, 0.15) is 33.2 Å². The molecule has 0 aliphatic carbocycles. The number of hydrogen-bond donors (Lipinski definition) is 5. The summed E-state index contributed by atoms with van der Waals surface area (Å²) in [6.07, 6.45) is -12.0. The first-order valence-corrected chi connectivity index (χ1v) is 14.5. The van der Waals surface area contributed by atoms with E-state index in [2.05, 4.69) is 0 Å². The van der Waals surface area contributed by atoms with Crippen LogP contribution in [-0.2, 0) is 32.2 Å². The van der Waals surface area contributed by atoms with E-state index in [1.165, 1.54) is 0 Å². The molecule has 2 aromatic carbocycles. The smallest absolute Gasteiger partial charge is 0.416 e. The molecule has 2 fully saturated rings. The van der Waals surface area contributed by atoms with Crippen LogP contribution in [0.2, 0.25) is 0 Å². The molecule has 0 radical (unpaired) electrons. The number of fused-ring (bicyclic) bond motifs is 3. The van der Waals surface area contributed by atoms with Crippen LogP contribution < -0.4 is 4.74 Å². The number of phenols is 2. The molecule has 3 heterocycles. The average molecular weight is 635 g/mol. The maximum absolute atomic E-state index is 13.2. The number of aromatic hydroxyl groups is 2. The molecule has 0 bridgehead atoms. The second-order valence-corrected chi connectivity index (χ2v) is 12.3. The van der Waals surface area contributed by atoms with Gasteiger partial charge in [-0.2, -0.15) is 17.5 Å². The van der Waals surface area contributed by atoms with Crippen LogP contribution in [0.15, 0.2) is 29.2 Å². The first-order valence-electron chi connectivity index (χ1n) is 13.1. The predicted octanol–water partition coefficient (Wildman–Crippen LogP) is 0.325. The number of phenolic OH excluding ortho intramolecular Hbond substituents is 2. The Bertz CT molecular complexity index is 1500. The van der Waals surface area contributed by atoms with Crippen molar-refractivity contribution in [2.24, 2.45) is 0 Å². The number of nitrogens with zero attached hydrogens (tertiary/aromatic N) is 2. The van der Waals surface area contributed by atoms with Gasteiger partial charge >= 0.3 is 12.1 Å². The zero-order valence-corrected chi connectivity index (χ0v) is 23.4. The van der Waals surface area contributed by atoms with Crippen molar-refractivity contribution in [1.29, 1.82) is 0 Å². The molecule has 5 rings (SSSR count). The summed E-state index contributed by atoms with van der Waals surface area (Å²) < 4.78 is 82.2. The van der Waals surface area contributed by atoms with Crippen molar-refractivity contribution < 1.29 is 66.1 Å². The molecular weight excluding hydrogens is 605 g/mol. The molecule has 2 aromatic rings. The van der Waals surface area contributed by atoms with E-state index in [4.69, 9.17) is 14.2 Å². The Kier molecular flexibility index (Phi) is 8.27. The van der Waals surface area contributed by atoms with Crippen molar-refractivity contribution in [1.82, 2.24) is 9.21 Å². The number of sulfonamides is 1. The van der Waals surface area contributed by atoms with Crippen molar-refractivity contribution >= 4 is 16.0 Å². The first-order chi connectivity index (χ1) is 20.2. The highest BCUT2D eigenvalue weighted by Crippen LogP contribution is 2.52. The van der Waals surface area contributed by atoms with Gasteiger partial charge in [-0.15, -0.1) is 0 Å². The number of ether oxygens (including phenoxy) is 3. The van der Waals surface area contributed by atoms with Gasteiger partial charge in [-0.25, -0.2) is 13.2 Å². The molecule has 0 amide bonds. The van der Waals surface area contributed by atoms with E-state index in [9.17, 15) is 51.9 Å². The Balaban J connectivity index is 1.40. The molecule has 0 spiro atoms. The normalized spacial score (nSPS) is 26.9. The number of halogens is 3. The lowest BCUT2D eigenvalue weighted by molar-refractivity contribution is -0.235. The van der Waals surface area contributed by atoms with Crippen molar-refractivity contribution in [3.05, 3.63) is 46.5 Å². The lowest BCUT2D eigenvalue weighted by Crippen LogP contribution is -2.58. The Labute approximate surface area is 243 Å². The largest absolute Gasteiger partial charge is 0.504 e. The van der Waals surface area contributed by atoms with E-state index in [-0.39, 0.29) is 54.3 Å². The zero-order chi connectivity index (χ0) is 31.4. The minimum absolute atomic E-state index is 0.0445. The predicted molar refractivity (Wildman–Crippen MR) is 138 cm³/mol. The highest BCUT2D eigenvalue weighted by atomic mass is 32.2. The van der Waals surface area contributed by atoms with Crippen molar-refractivity contribution in [3.63, 3.8) is 0 Å². The van der Waals surface area contributed by atoms with Gasteiger partial charge in [-0.3, -0.25) is 4.90 Å². The SMILES string of the molecule is COc1c(O)c(CN2CCN(S(=O)(=O)c3ccc(C(F)(F)F)cc3)CC2)c2c(c1O)C1O[C@H](CO)[C@@H](O)[C@H](O)C1OC2=O. The summed E-state index contributed by atoms with van der Waals surface area (Å²) in [5, 5.41) is 52.4. The number of hydrogen-bond acceptors (Lipinski definition) is 12. The number of piperazine rings is 1. The number of carbonyl (C=O) groups is 1. The number of esters is 1. The van der Waals surface area contributed by atoms with E-state index in [0.717, 1.165) is 23.5 Å². The van der Waals surface area contributed by atoms with Gasteiger partial charge in [0.05, 0.1) is 29.7 Å².